The van der Waals surface area contributed by atoms with Crippen molar-refractivity contribution in [2.45, 2.75) is 46.5 Å². The van der Waals surface area contributed by atoms with Crippen LogP contribution >= 0.6 is 11.3 Å². The second-order valence-electron chi connectivity index (χ2n) is 9.57. The third kappa shape index (κ3) is 4.95. The summed E-state index contributed by atoms with van der Waals surface area (Å²) in [4.78, 5) is 33.2. The zero-order valence-electron chi connectivity index (χ0n) is 18.1. The van der Waals surface area contributed by atoms with Gasteiger partial charge < -0.3 is 9.80 Å². The fourth-order valence-electron chi connectivity index (χ4n) is 4.19. The van der Waals surface area contributed by atoms with Gasteiger partial charge in [-0.3, -0.25) is 14.5 Å². The summed E-state index contributed by atoms with van der Waals surface area (Å²) in [5.41, 5.74) is 1.72. The predicted molar refractivity (Wildman–Crippen MR) is 115 cm³/mol. The van der Waals surface area contributed by atoms with Crippen molar-refractivity contribution >= 4 is 23.2 Å². The van der Waals surface area contributed by atoms with Crippen molar-refractivity contribution in [3.8, 4) is 0 Å². The Labute approximate surface area is 173 Å². The predicted octanol–water partition coefficient (Wildman–Crippen LogP) is 3.14. The first kappa shape index (κ1) is 21.3. The lowest BCUT2D eigenvalue weighted by atomic mass is 9.72. The molecule has 156 valence electrons. The number of nitrogens with zero attached hydrogens (tertiary/aromatic N) is 3. The van der Waals surface area contributed by atoms with Gasteiger partial charge in [0.1, 0.15) is 0 Å². The van der Waals surface area contributed by atoms with Crippen molar-refractivity contribution < 1.29 is 9.59 Å². The van der Waals surface area contributed by atoms with E-state index in [-0.39, 0.29) is 11.8 Å². The molecule has 2 heterocycles. The van der Waals surface area contributed by atoms with Crippen molar-refractivity contribution in [1.29, 1.82) is 0 Å². The Morgan fingerprint density at radius 2 is 1.93 bits per heavy atom. The van der Waals surface area contributed by atoms with E-state index in [1.54, 1.807) is 30.3 Å². The van der Waals surface area contributed by atoms with Crippen LogP contribution in [0.3, 0.4) is 0 Å². The molecule has 28 heavy (non-hydrogen) atoms. The highest BCUT2D eigenvalue weighted by atomic mass is 32.1. The van der Waals surface area contributed by atoms with Crippen molar-refractivity contribution in [3.05, 3.63) is 21.4 Å². The Morgan fingerprint density at radius 3 is 2.61 bits per heavy atom. The average molecular weight is 406 g/mol. The molecule has 1 saturated heterocycles. The molecule has 0 bridgehead atoms. The number of rotatable bonds is 3. The van der Waals surface area contributed by atoms with Gasteiger partial charge in [0.25, 0.3) is 5.91 Å². The molecule has 0 radical (unpaired) electrons. The third-order valence-corrected chi connectivity index (χ3v) is 7.48. The molecule has 3 rings (SSSR count). The van der Waals surface area contributed by atoms with Crippen LogP contribution in [-0.4, -0.2) is 73.3 Å². The normalized spacial score (nSPS) is 21.2. The number of carbonyl (C=O) groups excluding carboxylic acids is 2. The lowest BCUT2D eigenvalue weighted by Crippen LogP contribution is -2.39. The Kier molecular flexibility index (Phi) is 6.50. The van der Waals surface area contributed by atoms with Gasteiger partial charge in [0, 0.05) is 45.2 Å². The summed E-state index contributed by atoms with van der Waals surface area (Å²) in [6.07, 6.45) is 4.35. The largest absolute Gasteiger partial charge is 0.348 e. The first-order chi connectivity index (χ1) is 13.1. The fraction of sp³-hybridized carbons (Fsp3) is 0.727. The van der Waals surface area contributed by atoms with Gasteiger partial charge in [-0.05, 0) is 48.6 Å². The first-order valence-electron chi connectivity index (χ1n) is 10.5. The summed E-state index contributed by atoms with van der Waals surface area (Å²) in [6, 6.07) is 2.17. The topological polar surface area (TPSA) is 43.9 Å². The third-order valence-electron chi connectivity index (χ3n) is 6.25. The highest BCUT2D eigenvalue weighted by Gasteiger charge is 2.31. The standard InChI is InChI=1S/C22H35N3O2S/c1-22(2,3)17-7-8-18-16(13-17)14-19(28-18)21(27)25-10-6-9-24(11-12-25)15-20(26)23(4)5/h14,17H,6-13,15H2,1-5H3. The van der Waals surface area contributed by atoms with Crippen LogP contribution in [-0.2, 0) is 17.6 Å². The Morgan fingerprint density at radius 1 is 1.18 bits per heavy atom. The maximum absolute atomic E-state index is 13.1. The number of amides is 2. The Bertz CT molecular complexity index is 720. The minimum atomic E-state index is 0.124. The van der Waals surface area contributed by atoms with Gasteiger partial charge >= 0.3 is 0 Å². The number of aryl methyl sites for hydroxylation is 1. The van der Waals surface area contributed by atoms with E-state index in [0.29, 0.717) is 24.4 Å². The monoisotopic (exact) mass is 405 g/mol. The van der Waals surface area contributed by atoms with Gasteiger partial charge in [-0.2, -0.15) is 0 Å². The maximum atomic E-state index is 13.1. The average Bonchev–Trinajstić information content (AvgIpc) is 2.92. The molecule has 1 aromatic heterocycles. The van der Waals surface area contributed by atoms with Crippen LogP contribution in [0.1, 0.15) is 53.7 Å². The van der Waals surface area contributed by atoms with Crippen LogP contribution in [0, 0.1) is 11.3 Å². The van der Waals surface area contributed by atoms with Gasteiger partial charge in [-0.15, -0.1) is 11.3 Å². The van der Waals surface area contributed by atoms with E-state index in [0.717, 1.165) is 43.8 Å². The summed E-state index contributed by atoms with van der Waals surface area (Å²) in [5, 5.41) is 0. The highest BCUT2D eigenvalue weighted by molar-refractivity contribution is 7.14. The lowest BCUT2D eigenvalue weighted by molar-refractivity contribution is -0.129. The molecule has 0 N–H and O–H groups in total. The minimum Gasteiger partial charge on any atom is -0.348 e. The molecule has 1 unspecified atom stereocenters. The maximum Gasteiger partial charge on any atom is 0.263 e. The first-order valence-corrected chi connectivity index (χ1v) is 11.3. The molecular formula is C22H35N3O2S. The number of likely N-dealkylation sites (N-methyl/N-ethyl adjacent to an activating group) is 1. The van der Waals surface area contributed by atoms with Crippen molar-refractivity contribution in [2.24, 2.45) is 11.3 Å². The summed E-state index contributed by atoms with van der Waals surface area (Å²) >= 11 is 1.71. The quantitative estimate of drug-likeness (QED) is 0.776. The van der Waals surface area contributed by atoms with Crippen molar-refractivity contribution in [1.82, 2.24) is 14.7 Å². The van der Waals surface area contributed by atoms with E-state index < -0.39 is 0 Å². The summed E-state index contributed by atoms with van der Waals surface area (Å²) in [7, 11) is 3.58. The van der Waals surface area contributed by atoms with E-state index >= 15 is 0 Å². The van der Waals surface area contributed by atoms with E-state index in [1.807, 2.05) is 4.90 Å². The summed E-state index contributed by atoms with van der Waals surface area (Å²) < 4.78 is 0. The molecule has 1 aliphatic heterocycles. The van der Waals surface area contributed by atoms with Crippen molar-refractivity contribution in [2.75, 3.05) is 46.8 Å². The molecule has 1 aliphatic carbocycles. The number of hydrogen-bond donors (Lipinski definition) is 0. The van der Waals surface area contributed by atoms with Crippen LogP contribution in [0.2, 0.25) is 0 Å². The molecule has 2 aliphatic rings. The number of hydrogen-bond acceptors (Lipinski definition) is 4. The summed E-state index contributed by atoms with van der Waals surface area (Å²) in [5.74, 6) is 0.991. The molecule has 1 atom stereocenters. The molecule has 6 heteroatoms. The molecule has 5 nitrogen and oxygen atoms in total. The van der Waals surface area contributed by atoms with Crippen molar-refractivity contribution in [3.63, 3.8) is 0 Å². The van der Waals surface area contributed by atoms with E-state index in [1.165, 1.54) is 16.9 Å². The van der Waals surface area contributed by atoms with Crippen LogP contribution in [0.25, 0.3) is 0 Å². The van der Waals surface area contributed by atoms with E-state index in [9.17, 15) is 9.59 Å². The molecule has 0 spiro atoms. The summed E-state index contributed by atoms with van der Waals surface area (Å²) in [6.45, 7) is 10.5. The number of thiophene rings is 1. The molecule has 2 amide bonds. The lowest BCUT2D eigenvalue weighted by Gasteiger charge is -2.33. The zero-order valence-corrected chi connectivity index (χ0v) is 18.9. The number of carbonyl (C=O) groups is 2. The van der Waals surface area contributed by atoms with E-state index in [4.69, 9.17) is 0 Å². The van der Waals surface area contributed by atoms with Crippen LogP contribution in [0.4, 0.5) is 0 Å². The molecule has 0 saturated carbocycles. The Hall–Kier alpha value is -1.40. The van der Waals surface area contributed by atoms with Gasteiger partial charge in [-0.1, -0.05) is 20.8 Å². The van der Waals surface area contributed by atoms with Gasteiger partial charge in [0.05, 0.1) is 11.4 Å². The Balaban J connectivity index is 1.62. The smallest absolute Gasteiger partial charge is 0.263 e. The SMILES string of the molecule is CN(C)C(=O)CN1CCCN(C(=O)c2cc3c(s2)CCC(C(C)(C)C)C3)CC1. The zero-order chi connectivity index (χ0) is 20.5. The second kappa shape index (κ2) is 8.54. The minimum absolute atomic E-state index is 0.124. The number of fused-ring (bicyclic) bond motifs is 1. The second-order valence-corrected chi connectivity index (χ2v) is 10.7. The van der Waals surface area contributed by atoms with Gasteiger partial charge in [0.15, 0.2) is 0 Å². The van der Waals surface area contributed by atoms with Gasteiger partial charge in [0.2, 0.25) is 5.91 Å². The fourth-order valence-corrected chi connectivity index (χ4v) is 5.37. The molecule has 0 aromatic carbocycles. The van der Waals surface area contributed by atoms with Crippen LogP contribution < -0.4 is 0 Å². The molecule has 1 aromatic rings. The molecular weight excluding hydrogens is 370 g/mol. The van der Waals surface area contributed by atoms with Crippen LogP contribution in [0.5, 0.6) is 0 Å². The van der Waals surface area contributed by atoms with E-state index in [2.05, 4.69) is 31.7 Å². The van der Waals surface area contributed by atoms with Gasteiger partial charge in [-0.25, -0.2) is 0 Å². The highest BCUT2D eigenvalue weighted by Crippen LogP contribution is 2.40. The van der Waals surface area contributed by atoms with Crippen LogP contribution in [0.15, 0.2) is 6.07 Å². The molecule has 1 fully saturated rings.